The van der Waals surface area contributed by atoms with Gasteiger partial charge in [-0.2, -0.15) is 0 Å². The number of thioether (sulfide) groups is 1. The molecule has 1 aliphatic heterocycles. The summed E-state index contributed by atoms with van der Waals surface area (Å²) in [6, 6.07) is 8.37. The van der Waals surface area contributed by atoms with Crippen molar-refractivity contribution in [3.8, 4) is 0 Å². The highest BCUT2D eigenvalue weighted by Gasteiger charge is 2.06. The Morgan fingerprint density at radius 3 is 2.31 bits per heavy atom. The van der Waals surface area contributed by atoms with Crippen molar-refractivity contribution in [1.29, 1.82) is 0 Å². The third kappa shape index (κ3) is 3.73. The fourth-order valence-corrected chi connectivity index (χ4v) is 1.78. The van der Waals surface area contributed by atoms with E-state index in [1.54, 1.807) is 0 Å². The molecule has 0 fully saturated rings. The van der Waals surface area contributed by atoms with E-state index in [1.165, 1.54) is 10.6 Å². The number of rotatable bonds is 0. The maximum Gasteiger partial charge on any atom is 0.0658 e. The van der Waals surface area contributed by atoms with Crippen molar-refractivity contribution in [2.75, 3.05) is 11.2 Å². The number of hydrogen-bond donors (Lipinski definition) is 1. The average molecular weight is 197 g/mol. The van der Waals surface area contributed by atoms with Crippen molar-refractivity contribution in [3.05, 3.63) is 24.3 Å². The Morgan fingerprint density at radius 1 is 1.08 bits per heavy atom. The summed E-state index contributed by atoms with van der Waals surface area (Å²) in [6.45, 7) is 8.00. The Kier molecular flexibility index (Phi) is 7.60. The zero-order valence-corrected chi connectivity index (χ0v) is 9.74. The van der Waals surface area contributed by atoms with Crippen LogP contribution in [0.3, 0.4) is 0 Å². The molecule has 1 nitrogen and oxygen atoms in total. The molecule has 2 rings (SSSR count). The SMILES string of the molecule is CC.CC.c1ccc2c(c1)NCS2. The van der Waals surface area contributed by atoms with Gasteiger partial charge in [0.05, 0.1) is 5.88 Å². The highest BCUT2D eigenvalue weighted by Crippen LogP contribution is 2.32. The molecule has 1 aromatic rings. The van der Waals surface area contributed by atoms with Crippen molar-refractivity contribution in [2.45, 2.75) is 32.6 Å². The van der Waals surface area contributed by atoms with E-state index < -0.39 is 0 Å². The largest absolute Gasteiger partial charge is 0.375 e. The lowest BCUT2D eigenvalue weighted by Crippen LogP contribution is -1.86. The molecule has 13 heavy (non-hydrogen) atoms. The molecular formula is C11H19NS. The van der Waals surface area contributed by atoms with Crippen molar-refractivity contribution in [2.24, 2.45) is 0 Å². The highest BCUT2D eigenvalue weighted by molar-refractivity contribution is 7.99. The summed E-state index contributed by atoms with van der Waals surface area (Å²) in [5.41, 5.74) is 1.28. The number of nitrogens with one attached hydrogen (secondary N) is 1. The Morgan fingerprint density at radius 2 is 1.69 bits per heavy atom. The van der Waals surface area contributed by atoms with Crippen LogP contribution in [0.5, 0.6) is 0 Å². The second kappa shape index (κ2) is 7.99. The molecule has 1 N–H and O–H groups in total. The van der Waals surface area contributed by atoms with Crippen LogP contribution in [0.1, 0.15) is 27.7 Å². The topological polar surface area (TPSA) is 12.0 Å². The lowest BCUT2D eigenvalue weighted by atomic mass is 10.3. The predicted octanol–water partition coefficient (Wildman–Crippen LogP) is 4.21. The van der Waals surface area contributed by atoms with Crippen LogP contribution in [0.25, 0.3) is 0 Å². The van der Waals surface area contributed by atoms with Gasteiger partial charge in [-0.25, -0.2) is 0 Å². The van der Waals surface area contributed by atoms with Crippen LogP contribution >= 0.6 is 11.8 Å². The van der Waals surface area contributed by atoms with Gasteiger partial charge in [0, 0.05) is 10.6 Å². The summed E-state index contributed by atoms with van der Waals surface area (Å²) in [7, 11) is 0. The summed E-state index contributed by atoms with van der Waals surface area (Å²) in [5, 5.41) is 3.26. The monoisotopic (exact) mass is 197 g/mol. The lowest BCUT2D eigenvalue weighted by Gasteiger charge is -1.92. The minimum absolute atomic E-state index is 1.03. The van der Waals surface area contributed by atoms with Gasteiger partial charge in [-0.3, -0.25) is 0 Å². The normalized spacial score (nSPS) is 11.1. The Labute approximate surface area is 85.9 Å². The Hall–Kier alpha value is -0.630. The summed E-state index contributed by atoms with van der Waals surface area (Å²) >= 11 is 1.86. The maximum atomic E-state index is 3.26. The first kappa shape index (κ1) is 12.4. The molecule has 0 saturated carbocycles. The van der Waals surface area contributed by atoms with E-state index in [0.717, 1.165) is 5.88 Å². The molecule has 0 bridgehead atoms. The van der Waals surface area contributed by atoms with Gasteiger partial charge in [-0.05, 0) is 12.1 Å². The van der Waals surface area contributed by atoms with Crippen LogP contribution in [-0.4, -0.2) is 5.88 Å². The lowest BCUT2D eigenvalue weighted by molar-refractivity contribution is 1.43. The molecule has 0 atom stereocenters. The molecular weight excluding hydrogens is 178 g/mol. The first-order chi connectivity index (χ1) is 6.47. The van der Waals surface area contributed by atoms with Crippen LogP contribution in [0, 0.1) is 0 Å². The molecule has 1 aliphatic rings. The second-order valence-electron chi connectivity index (χ2n) is 1.96. The summed E-state index contributed by atoms with van der Waals surface area (Å²) in [5.74, 6) is 1.03. The second-order valence-corrected chi connectivity index (χ2v) is 2.98. The van der Waals surface area contributed by atoms with Gasteiger partial charge in [0.1, 0.15) is 0 Å². The summed E-state index contributed by atoms with van der Waals surface area (Å²) in [4.78, 5) is 1.37. The van der Waals surface area contributed by atoms with Crippen molar-refractivity contribution >= 4 is 17.4 Å². The first-order valence-electron chi connectivity index (χ1n) is 4.92. The molecule has 1 heterocycles. The molecule has 0 amide bonds. The van der Waals surface area contributed by atoms with E-state index >= 15 is 0 Å². The maximum absolute atomic E-state index is 3.26. The molecule has 74 valence electrons. The zero-order valence-electron chi connectivity index (χ0n) is 8.92. The average Bonchev–Trinajstić information content (AvgIpc) is 2.71. The molecule has 2 heteroatoms. The van der Waals surface area contributed by atoms with Crippen LogP contribution in [0.4, 0.5) is 5.69 Å². The summed E-state index contributed by atoms with van der Waals surface area (Å²) < 4.78 is 0. The van der Waals surface area contributed by atoms with E-state index in [1.807, 2.05) is 39.5 Å². The Bertz CT molecular complexity index is 200. The van der Waals surface area contributed by atoms with Gasteiger partial charge in [-0.1, -0.05) is 39.8 Å². The highest BCUT2D eigenvalue weighted by atomic mass is 32.2. The fraction of sp³-hybridized carbons (Fsp3) is 0.455. The predicted molar refractivity (Wildman–Crippen MR) is 63.5 cm³/mol. The summed E-state index contributed by atoms with van der Waals surface area (Å²) in [6.07, 6.45) is 0. The third-order valence-electron chi connectivity index (χ3n) is 1.38. The quantitative estimate of drug-likeness (QED) is 0.668. The minimum Gasteiger partial charge on any atom is -0.375 e. The molecule has 0 radical (unpaired) electrons. The van der Waals surface area contributed by atoms with Crippen LogP contribution in [-0.2, 0) is 0 Å². The van der Waals surface area contributed by atoms with Gasteiger partial charge in [-0.15, -0.1) is 11.8 Å². The van der Waals surface area contributed by atoms with E-state index in [2.05, 4.69) is 29.6 Å². The number of hydrogen-bond acceptors (Lipinski definition) is 2. The zero-order chi connectivity index (χ0) is 10.1. The van der Waals surface area contributed by atoms with Gasteiger partial charge in [0.2, 0.25) is 0 Å². The van der Waals surface area contributed by atoms with Crippen LogP contribution in [0.15, 0.2) is 29.2 Å². The van der Waals surface area contributed by atoms with Gasteiger partial charge < -0.3 is 5.32 Å². The van der Waals surface area contributed by atoms with E-state index in [9.17, 15) is 0 Å². The Balaban J connectivity index is 0.000000322. The molecule has 0 aliphatic carbocycles. The van der Waals surface area contributed by atoms with Crippen LogP contribution in [0.2, 0.25) is 0 Å². The fourth-order valence-electron chi connectivity index (χ4n) is 0.930. The smallest absolute Gasteiger partial charge is 0.0658 e. The van der Waals surface area contributed by atoms with E-state index in [0.29, 0.717) is 0 Å². The van der Waals surface area contributed by atoms with Gasteiger partial charge >= 0.3 is 0 Å². The molecule has 0 unspecified atom stereocenters. The van der Waals surface area contributed by atoms with E-state index in [4.69, 9.17) is 0 Å². The van der Waals surface area contributed by atoms with Crippen molar-refractivity contribution in [1.82, 2.24) is 0 Å². The van der Waals surface area contributed by atoms with Crippen molar-refractivity contribution < 1.29 is 0 Å². The number of para-hydroxylation sites is 1. The number of anilines is 1. The standard InChI is InChI=1S/C7H7NS.2C2H6/c1-2-4-7-6(3-1)8-5-9-7;2*1-2/h1-4,8H,5H2;2*1-2H3. The third-order valence-corrected chi connectivity index (χ3v) is 2.33. The van der Waals surface area contributed by atoms with Gasteiger partial charge in [0.25, 0.3) is 0 Å². The first-order valence-corrected chi connectivity index (χ1v) is 5.91. The minimum atomic E-state index is 1.03. The molecule has 0 saturated heterocycles. The van der Waals surface area contributed by atoms with E-state index in [-0.39, 0.29) is 0 Å². The van der Waals surface area contributed by atoms with Crippen LogP contribution < -0.4 is 5.32 Å². The van der Waals surface area contributed by atoms with Gasteiger partial charge in [0.15, 0.2) is 0 Å². The molecule has 0 spiro atoms. The molecule has 0 aromatic heterocycles. The number of benzene rings is 1. The molecule has 1 aromatic carbocycles. The number of fused-ring (bicyclic) bond motifs is 1. The van der Waals surface area contributed by atoms with Crippen molar-refractivity contribution in [3.63, 3.8) is 0 Å².